The average Bonchev–Trinajstić information content (AvgIpc) is 1.64. The SMILES string of the molecule is C1CS1.[B][B][C@H]1CC(OC)[C@@H](CO)O1.[B][B][C@H]1CC(OC)[C@@H](COP(=O)(OC2[C@@H](COC)O[C@@H]([B])C2(F)F)SCCS)O1.[B][B][C@H]1CC(OC)[C@@H](COP([O-])(=S)OC2[C@@H](COC)O[C@@H]([B])C2(F)F)O1.[B][B][C@H]1CC(OC)[C@@H](COP2(=O)SCCS2)O1.[B][C@@H]1O[C@H](COC)C(O)C1(F)F.[B][C@@H]1O[C@H](COC)C(O)C1(F)F. The largest absolute Gasteiger partial charge is 0.780 e. The van der Waals surface area contributed by atoms with E-state index < -0.39 is 128 Å². The molecule has 0 aromatic carbocycles. The van der Waals surface area contributed by atoms with E-state index in [9.17, 15) is 49.1 Å². The van der Waals surface area contributed by atoms with Gasteiger partial charge in [-0.25, -0.2) is 39.7 Å². The van der Waals surface area contributed by atoms with E-state index in [1.54, 1.807) is 14.2 Å². The number of ether oxygens (including phenoxy) is 16. The Morgan fingerprint density at radius 1 is 0.509 bits per heavy atom. The number of methoxy groups -OCH3 is 8. The van der Waals surface area contributed by atoms with Gasteiger partial charge in [-0.1, -0.05) is 34.6 Å². The Morgan fingerprint density at radius 3 is 1.14 bits per heavy atom. The van der Waals surface area contributed by atoms with Gasteiger partial charge in [0.2, 0.25) is 0 Å². The van der Waals surface area contributed by atoms with Gasteiger partial charge >= 0.3 is 12.6 Å². The maximum atomic E-state index is 14.5. The maximum absolute atomic E-state index is 14.5. The van der Waals surface area contributed by atoms with Crippen LogP contribution < -0.4 is 4.89 Å². The summed E-state index contributed by atoms with van der Waals surface area (Å²) in [4.78, 5) is 12.4. The highest BCUT2D eigenvalue weighted by Crippen LogP contribution is 2.74. The van der Waals surface area contributed by atoms with Gasteiger partial charge in [0.25, 0.3) is 23.7 Å². The van der Waals surface area contributed by atoms with E-state index in [1.807, 2.05) is 11.8 Å². The third kappa shape index (κ3) is 31.8. The van der Waals surface area contributed by atoms with Gasteiger partial charge in [0.05, 0.1) is 130 Å². The van der Waals surface area contributed by atoms with Gasteiger partial charge in [0.15, 0.2) is 12.2 Å². The number of rotatable bonds is 33. The molecule has 0 bridgehead atoms. The molecule has 20 radical (unpaired) electrons. The maximum Gasteiger partial charge on any atom is 0.389 e. The fraction of sp³-hybridized carbons (Fsp3) is 1.00. The summed E-state index contributed by atoms with van der Waals surface area (Å²) in [5.74, 6) is -11.3. The molecule has 610 valence electrons. The van der Waals surface area contributed by atoms with Crippen LogP contribution in [0.3, 0.4) is 0 Å². The average molecular weight is 1740 g/mol. The molecule has 0 aliphatic carbocycles. The smallest absolute Gasteiger partial charge is 0.389 e. The highest BCUT2D eigenvalue weighted by molar-refractivity contribution is 8.90. The van der Waals surface area contributed by atoms with Crippen LogP contribution in [0.4, 0.5) is 35.1 Å². The zero-order chi connectivity index (χ0) is 82.6. The predicted molar refractivity (Wildman–Crippen MR) is 412 cm³/mol. The minimum Gasteiger partial charge on any atom is -0.780 e. The van der Waals surface area contributed by atoms with Crippen LogP contribution in [0.1, 0.15) is 25.7 Å². The fourth-order valence-electron chi connectivity index (χ4n) is 11.1. The van der Waals surface area contributed by atoms with Crippen LogP contribution in [-0.2, 0) is 119 Å². The van der Waals surface area contributed by atoms with E-state index in [0.29, 0.717) is 25.2 Å². The number of hydrogen-bond acceptors (Lipinski definition) is 33. The first kappa shape index (κ1) is 104. The summed E-state index contributed by atoms with van der Waals surface area (Å²) >= 11 is 14.4. The lowest BCUT2D eigenvalue weighted by atomic mass is 9.51. The van der Waals surface area contributed by atoms with Crippen molar-refractivity contribution in [3.05, 3.63) is 0 Å². The van der Waals surface area contributed by atoms with Crippen molar-refractivity contribution in [1.29, 1.82) is 0 Å². The van der Waals surface area contributed by atoms with E-state index >= 15 is 0 Å². The van der Waals surface area contributed by atoms with Crippen molar-refractivity contribution in [1.82, 2.24) is 0 Å². The molecule has 10 saturated heterocycles. The molecule has 3 N–H and O–H groups in total. The first-order valence-corrected chi connectivity index (χ1v) is 46.1. The van der Waals surface area contributed by atoms with Crippen molar-refractivity contribution in [2.75, 3.05) is 144 Å². The van der Waals surface area contributed by atoms with Crippen molar-refractivity contribution in [2.24, 2.45) is 0 Å². The molecule has 10 rings (SSSR count). The van der Waals surface area contributed by atoms with E-state index in [1.165, 1.54) is 106 Å². The monoisotopic (exact) mass is 1740 g/mol. The zero-order valence-electron chi connectivity index (χ0n) is 61.5. The Bertz CT molecular complexity index is 2700. The molecule has 10 aliphatic heterocycles. The minimum atomic E-state index is -4.29. The van der Waals surface area contributed by atoms with Gasteiger partial charge in [-0.2, -0.15) is 24.4 Å². The van der Waals surface area contributed by atoms with Crippen LogP contribution in [0.2, 0.25) is 0 Å². The number of thiol groups is 1. The van der Waals surface area contributed by atoms with Gasteiger partial charge in [-0.05, 0) is 42.8 Å². The van der Waals surface area contributed by atoms with Crippen LogP contribution >= 0.6 is 77.8 Å². The van der Waals surface area contributed by atoms with Crippen LogP contribution in [-0.4, -0.2) is 420 Å². The number of aliphatic hydroxyl groups is 3. The molecule has 10 fully saturated rings. The normalized spacial score (nSPS) is 37.5. The van der Waals surface area contributed by atoms with Gasteiger partial charge in [-0.3, -0.25) is 13.6 Å². The van der Waals surface area contributed by atoms with Crippen LogP contribution in [0.5, 0.6) is 0 Å². The molecule has 0 saturated carbocycles. The van der Waals surface area contributed by atoms with Crippen molar-refractivity contribution in [3.63, 3.8) is 0 Å². The Morgan fingerprint density at radius 2 is 0.827 bits per heavy atom. The molecule has 0 amide bonds. The van der Waals surface area contributed by atoms with Gasteiger partial charge in [-0.15, -0.1) is 0 Å². The number of alkyl halides is 8. The lowest BCUT2D eigenvalue weighted by Gasteiger charge is -2.35. The van der Waals surface area contributed by atoms with E-state index in [4.69, 9.17) is 169 Å². The molecule has 10 heterocycles. The molecule has 0 aromatic rings. The Kier molecular flexibility index (Phi) is 48.0. The molecule has 10 unspecified atom stereocenters. The second-order valence-corrected chi connectivity index (χ2v) is 40.9. The summed E-state index contributed by atoms with van der Waals surface area (Å²) in [5.41, 5.74) is 0. The lowest BCUT2D eigenvalue weighted by Crippen LogP contribution is -2.43. The molecule has 0 spiro atoms. The third-order valence-corrected chi connectivity index (χ3v) is 30.9. The highest BCUT2D eigenvalue weighted by Gasteiger charge is 2.61. The molecular weight excluding hydrogens is 1650 g/mol. The van der Waals surface area contributed by atoms with Crippen LogP contribution in [0.25, 0.3) is 0 Å². The van der Waals surface area contributed by atoms with Crippen molar-refractivity contribution in [3.8, 4) is 0 Å². The number of hydrogen-bond donors (Lipinski definition) is 4. The number of halogens is 8. The summed E-state index contributed by atoms with van der Waals surface area (Å²) in [6.45, 7) is -9.15. The molecule has 110 heavy (non-hydrogen) atoms. The van der Waals surface area contributed by atoms with Gasteiger partial charge < -0.3 is 110 Å². The van der Waals surface area contributed by atoms with E-state index in [-0.39, 0.29) is 113 Å². The van der Waals surface area contributed by atoms with Crippen LogP contribution in [0, 0.1) is 0 Å². The molecule has 27 nitrogen and oxygen atoms in total. The minimum absolute atomic E-state index is 0.0111. The van der Waals surface area contributed by atoms with Crippen molar-refractivity contribution in [2.45, 2.75) is 195 Å². The van der Waals surface area contributed by atoms with E-state index in [2.05, 4.69) is 31.6 Å². The second kappa shape index (κ2) is 50.6. The van der Waals surface area contributed by atoms with E-state index in [0.717, 1.165) is 35.7 Å². The Balaban J connectivity index is 0.000000287. The first-order chi connectivity index (χ1) is 51.8. The highest BCUT2D eigenvalue weighted by atomic mass is 33.1. The van der Waals surface area contributed by atoms with Gasteiger partial charge in [0, 0.05) is 141 Å². The second-order valence-electron chi connectivity index (χ2n) is 24.8. The van der Waals surface area contributed by atoms with Gasteiger partial charge in [0.1, 0.15) is 99.1 Å². The third-order valence-electron chi connectivity index (χ3n) is 17.0. The Labute approximate surface area is 678 Å². The lowest BCUT2D eigenvalue weighted by molar-refractivity contribution is -0.223. The molecule has 56 heteroatoms. The fourth-order valence-corrected chi connectivity index (χ4v) is 23.7. The van der Waals surface area contributed by atoms with Crippen LogP contribution in [0.15, 0.2) is 0 Å². The summed E-state index contributed by atoms with van der Waals surface area (Å²) in [6, 6.07) is -8.21. The first-order valence-electron chi connectivity index (χ1n) is 33.8. The quantitative estimate of drug-likeness (QED) is 0.0229. The zero-order valence-corrected chi connectivity index (χ0v) is 69.2. The summed E-state index contributed by atoms with van der Waals surface area (Å²) in [5, 5.41) is 26.8. The number of thioether (sulfide) groups is 1. The van der Waals surface area contributed by atoms with Crippen molar-refractivity contribution < 1.29 is 163 Å². The van der Waals surface area contributed by atoms with Crippen molar-refractivity contribution >= 4 is 181 Å². The topological polar surface area (TPSA) is 312 Å². The standard InChI is InChI=1S/C14H23B3F2O7PS2.C12H19B3F2O7PS.C8H14B2O4PS2.C6H11B2O3.2C6H9BF2O3.C2H4S/c1-21-6-10-12(14(18,19)13(15)25-10)26-27(20,29-4-3-28)23-7-9-8(22-2)5-11(17-16)24-9;1-19-4-8-10(12(16,17)11(13)23-8)24-25(18,26)21-5-7-6(20-2)3-9(15-14)22-7;1-12-6-4-8(10-9)14-7(6)5-13-15(11)16-2-3-17-15;1-10-4-2-6(8-7)11-5(4)3-9;2*1-11-2-3-4(10)6(8,9)5(7)12-3;1-2-3-1/h8-13,28H,3-7H2,1-2H3;6-11H,3-5H2,1-2H3,(H,18,26);6-8H,2-5H2,1H3;4-6,9H,2-3H2,1H3;2*3-5,10H,2H2,1H3;1-2H2/p-1/t8?,9-,10-,11-,12?,13-,27?;6?,7-,8-,9-,10?,11-,25?;6?,7-,8-;4?,5-,6-;2*3-,4?,5-;/m111111./s1. The summed E-state index contributed by atoms with van der Waals surface area (Å²) in [6.07, 6.45) is -12.1. The summed E-state index contributed by atoms with van der Waals surface area (Å²) in [7, 11) is 59.4. The Hall–Kier alpha value is 2.08. The number of aliphatic hydroxyl groups excluding tert-OH is 3. The molecular formula is C54H88B12F8O27P3S6-. The molecule has 26 atom stereocenters. The predicted octanol–water partition coefficient (Wildman–Crippen LogP) is 0.501. The molecule has 0 aromatic heterocycles. The summed E-state index contributed by atoms with van der Waals surface area (Å²) < 4.78 is 241. The molecule has 10 aliphatic rings.